The molecule has 1 rings (SSSR count). The molecule has 0 spiro atoms. The second kappa shape index (κ2) is 4.50. The summed E-state index contributed by atoms with van der Waals surface area (Å²) in [4.78, 5) is 2.91. The second-order valence-electron chi connectivity index (χ2n) is 2.69. The molecule has 2 N–H and O–H groups in total. The highest BCUT2D eigenvalue weighted by Gasteiger charge is 2.23. The van der Waals surface area contributed by atoms with Crippen molar-refractivity contribution < 1.29 is 17.2 Å². The van der Waals surface area contributed by atoms with Crippen molar-refractivity contribution in [1.82, 2.24) is 4.98 Å². The molecule has 1 aromatic rings. The Kier molecular flexibility index (Phi) is 3.74. The molecule has 0 saturated heterocycles. The number of halogens is 3. The zero-order valence-electron chi connectivity index (χ0n) is 7.32. The van der Waals surface area contributed by atoms with E-state index in [1.807, 2.05) is 0 Å². The summed E-state index contributed by atoms with van der Waals surface area (Å²) in [6.07, 6.45) is -0.914. The molecular formula is C7H7BrF2N2O2S. The third-order valence-electron chi connectivity index (χ3n) is 1.70. The summed E-state index contributed by atoms with van der Waals surface area (Å²) < 4.78 is 47.3. The zero-order valence-corrected chi connectivity index (χ0v) is 9.72. The van der Waals surface area contributed by atoms with E-state index in [2.05, 4.69) is 20.9 Å². The monoisotopic (exact) mass is 300 g/mol. The third-order valence-corrected chi connectivity index (χ3v) is 3.24. The van der Waals surface area contributed by atoms with Gasteiger partial charge < -0.3 is 0 Å². The van der Waals surface area contributed by atoms with Crippen molar-refractivity contribution in [2.75, 3.05) is 0 Å². The van der Waals surface area contributed by atoms with Crippen molar-refractivity contribution >= 4 is 26.0 Å². The first kappa shape index (κ1) is 12.5. The molecule has 0 aromatic carbocycles. The molecule has 0 amide bonds. The van der Waals surface area contributed by atoms with E-state index in [9.17, 15) is 17.2 Å². The molecule has 0 saturated carbocycles. The molecule has 0 aliphatic heterocycles. The van der Waals surface area contributed by atoms with E-state index in [0.717, 1.165) is 6.20 Å². The zero-order chi connectivity index (χ0) is 11.6. The van der Waals surface area contributed by atoms with Gasteiger partial charge in [0.1, 0.15) is 4.90 Å². The van der Waals surface area contributed by atoms with Gasteiger partial charge in [0, 0.05) is 23.3 Å². The van der Waals surface area contributed by atoms with E-state index in [-0.39, 0.29) is 10.9 Å². The molecule has 0 unspecified atom stereocenters. The minimum Gasteiger partial charge on any atom is -0.263 e. The fourth-order valence-corrected chi connectivity index (χ4v) is 2.25. The predicted octanol–water partition coefficient (Wildman–Crippen LogP) is 1.56. The molecule has 84 valence electrons. The second-order valence-corrected chi connectivity index (χ2v) is 4.78. The summed E-state index contributed by atoms with van der Waals surface area (Å²) in [5.74, 6) is 0. The SMILES string of the molecule is NS(=O)(=O)c1cncc(CBr)c1C(F)F. The van der Waals surface area contributed by atoms with Gasteiger partial charge >= 0.3 is 0 Å². The molecule has 1 heterocycles. The van der Waals surface area contributed by atoms with Crippen molar-refractivity contribution in [1.29, 1.82) is 0 Å². The molecular weight excluding hydrogens is 294 g/mol. The Morgan fingerprint density at radius 1 is 1.47 bits per heavy atom. The minimum absolute atomic E-state index is 0.0863. The number of nitrogens with two attached hydrogens (primary N) is 1. The quantitative estimate of drug-likeness (QED) is 0.861. The maximum atomic E-state index is 12.6. The van der Waals surface area contributed by atoms with Crippen LogP contribution in [0.4, 0.5) is 8.78 Å². The maximum Gasteiger partial charge on any atom is 0.265 e. The van der Waals surface area contributed by atoms with Gasteiger partial charge in [-0.25, -0.2) is 22.3 Å². The molecule has 8 heteroatoms. The average Bonchev–Trinajstić information content (AvgIpc) is 2.15. The van der Waals surface area contributed by atoms with E-state index >= 15 is 0 Å². The summed E-state index contributed by atoms with van der Waals surface area (Å²) in [6.45, 7) is 0. The van der Waals surface area contributed by atoms with Crippen LogP contribution in [0.3, 0.4) is 0 Å². The lowest BCUT2D eigenvalue weighted by Gasteiger charge is -2.09. The van der Waals surface area contributed by atoms with Gasteiger partial charge in [-0.1, -0.05) is 15.9 Å². The van der Waals surface area contributed by atoms with Gasteiger partial charge in [0.2, 0.25) is 10.0 Å². The lowest BCUT2D eigenvalue weighted by atomic mass is 10.2. The number of hydrogen-bond acceptors (Lipinski definition) is 3. The minimum atomic E-state index is -4.17. The summed E-state index contributed by atoms with van der Waals surface area (Å²) in [6, 6.07) is 0. The van der Waals surface area contributed by atoms with Gasteiger partial charge in [0.15, 0.2) is 0 Å². The van der Waals surface area contributed by atoms with Crippen molar-refractivity contribution in [3.63, 3.8) is 0 Å². The number of primary sulfonamides is 1. The van der Waals surface area contributed by atoms with Gasteiger partial charge in [0.25, 0.3) is 6.43 Å². The number of alkyl halides is 3. The van der Waals surface area contributed by atoms with Crippen LogP contribution in [0.1, 0.15) is 17.6 Å². The summed E-state index contributed by atoms with van der Waals surface area (Å²) in [5, 5.41) is 4.89. The molecule has 0 radical (unpaired) electrons. The Balaban J connectivity index is 3.53. The summed E-state index contributed by atoms with van der Waals surface area (Å²) >= 11 is 2.97. The standard InChI is InChI=1S/C7H7BrF2N2O2S/c8-1-4-2-12-3-5(15(11,13)14)6(4)7(9)10/h2-3,7H,1H2,(H2,11,13,14). The summed E-state index contributed by atoms with van der Waals surface area (Å²) in [5.41, 5.74) is -0.485. The number of aromatic nitrogens is 1. The highest BCUT2D eigenvalue weighted by molar-refractivity contribution is 9.08. The number of rotatable bonds is 3. The number of pyridine rings is 1. The largest absolute Gasteiger partial charge is 0.265 e. The predicted molar refractivity (Wildman–Crippen MR) is 53.2 cm³/mol. The topological polar surface area (TPSA) is 73.1 Å². The van der Waals surface area contributed by atoms with Gasteiger partial charge in [-0.2, -0.15) is 0 Å². The first-order valence-electron chi connectivity index (χ1n) is 3.71. The van der Waals surface area contributed by atoms with Crippen molar-refractivity contribution in [3.8, 4) is 0 Å². The average molecular weight is 301 g/mol. The highest BCUT2D eigenvalue weighted by atomic mass is 79.9. The summed E-state index contributed by atoms with van der Waals surface area (Å²) in [7, 11) is -4.17. The van der Waals surface area contributed by atoms with Gasteiger partial charge in [-0.15, -0.1) is 0 Å². The Bertz CT molecular complexity index is 464. The van der Waals surface area contributed by atoms with E-state index in [1.165, 1.54) is 6.20 Å². The van der Waals surface area contributed by atoms with E-state index < -0.39 is 26.9 Å². The first-order chi connectivity index (χ1) is 6.88. The first-order valence-corrected chi connectivity index (χ1v) is 6.38. The lowest BCUT2D eigenvalue weighted by molar-refractivity contribution is 0.147. The molecule has 0 atom stereocenters. The molecule has 0 aliphatic carbocycles. The van der Waals surface area contributed by atoms with Crippen LogP contribution in [-0.4, -0.2) is 13.4 Å². The smallest absolute Gasteiger partial charge is 0.263 e. The fraction of sp³-hybridized carbons (Fsp3) is 0.286. The van der Waals surface area contributed by atoms with Gasteiger partial charge in [-0.05, 0) is 5.56 Å². The molecule has 15 heavy (non-hydrogen) atoms. The number of sulfonamides is 1. The normalized spacial score (nSPS) is 12.1. The Hall–Kier alpha value is -0.600. The molecule has 1 aromatic heterocycles. The Morgan fingerprint density at radius 3 is 2.47 bits per heavy atom. The number of hydrogen-bond donors (Lipinski definition) is 1. The van der Waals surface area contributed by atoms with E-state index in [0.29, 0.717) is 0 Å². The van der Waals surface area contributed by atoms with Crippen LogP contribution in [0.15, 0.2) is 17.3 Å². The Morgan fingerprint density at radius 2 is 2.07 bits per heavy atom. The Labute approximate surface area is 93.7 Å². The lowest BCUT2D eigenvalue weighted by Crippen LogP contribution is -2.16. The van der Waals surface area contributed by atoms with E-state index in [1.54, 1.807) is 0 Å². The van der Waals surface area contributed by atoms with Crippen LogP contribution in [0.5, 0.6) is 0 Å². The molecule has 0 bridgehead atoms. The van der Waals surface area contributed by atoms with Crippen LogP contribution in [-0.2, 0) is 15.4 Å². The van der Waals surface area contributed by atoms with Gasteiger partial charge in [-0.3, -0.25) is 4.98 Å². The fourth-order valence-electron chi connectivity index (χ4n) is 1.07. The highest BCUT2D eigenvalue weighted by Crippen LogP contribution is 2.29. The molecule has 0 fully saturated rings. The molecule has 4 nitrogen and oxygen atoms in total. The van der Waals surface area contributed by atoms with Crippen LogP contribution in [0.25, 0.3) is 0 Å². The van der Waals surface area contributed by atoms with Crippen molar-refractivity contribution in [3.05, 3.63) is 23.5 Å². The van der Waals surface area contributed by atoms with E-state index in [4.69, 9.17) is 5.14 Å². The van der Waals surface area contributed by atoms with Crippen LogP contribution < -0.4 is 5.14 Å². The van der Waals surface area contributed by atoms with Crippen LogP contribution >= 0.6 is 15.9 Å². The van der Waals surface area contributed by atoms with Crippen molar-refractivity contribution in [2.45, 2.75) is 16.7 Å². The van der Waals surface area contributed by atoms with Gasteiger partial charge in [0.05, 0.1) is 0 Å². The third kappa shape index (κ3) is 2.70. The van der Waals surface area contributed by atoms with Crippen molar-refractivity contribution in [2.24, 2.45) is 5.14 Å². The number of nitrogens with zero attached hydrogens (tertiary/aromatic N) is 1. The molecule has 0 aliphatic rings. The maximum absolute atomic E-state index is 12.6. The van der Waals surface area contributed by atoms with Crippen LogP contribution in [0.2, 0.25) is 0 Å². The van der Waals surface area contributed by atoms with Crippen LogP contribution in [0, 0.1) is 0 Å².